The molecule has 0 bridgehead atoms. The van der Waals surface area contributed by atoms with E-state index in [-0.39, 0.29) is 17.7 Å². The van der Waals surface area contributed by atoms with E-state index in [1.807, 2.05) is 34.1 Å². The first kappa shape index (κ1) is 15.0. The highest BCUT2D eigenvalue weighted by Crippen LogP contribution is 2.36. The van der Waals surface area contributed by atoms with E-state index in [9.17, 15) is 9.59 Å². The molecular weight excluding hydrogens is 332 g/mol. The highest BCUT2D eigenvalue weighted by Gasteiger charge is 2.35. The molecule has 1 aliphatic carbocycles. The smallest absolute Gasteiger partial charge is 0.265 e. The van der Waals surface area contributed by atoms with Crippen molar-refractivity contribution in [2.45, 2.75) is 12.8 Å². The number of carbonyl (C=O) groups excluding carboxylic acids is 2. The van der Waals surface area contributed by atoms with E-state index in [1.165, 1.54) is 11.3 Å². The van der Waals surface area contributed by atoms with Crippen LogP contribution in [0.15, 0.2) is 24.3 Å². The lowest BCUT2D eigenvalue weighted by Gasteiger charge is -2.34. The van der Waals surface area contributed by atoms with Gasteiger partial charge in [-0.25, -0.2) is 0 Å². The minimum absolute atomic E-state index is 0.0188. The summed E-state index contributed by atoms with van der Waals surface area (Å²) in [5.74, 6) is 0.487. The number of fused-ring (bicyclic) bond motifs is 1. The van der Waals surface area contributed by atoms with Crippen LogP contribution in [0.3, 0.4) is 0 Å². The van der Waals surface area contributed by atoms with Gasteiger partial charge in [-0.2, -0.15) is 0 Å². The second-order valence-electron chi connectivity index (χ2n) is 6.13. The highest BCUT2D eigenvalue weighted by molar-refractivity contribution is 7.21. The molecule has 120 valence electrons. The molecule has 2 aliphatic rings. The summed E-state index contributed by atoms with van der Waals surface area (Å²) in [5.41, 5.74) is 0. The lowest BCUT2D eigenvalue weighted by Crippen LogP contribution is -2.50. The van der Waals surface area contributed by atoms with Gasteiger partial charge in [0.2, 0.25) is 5.91 Å². The molecule has 0 spiro atoms. The Balaban J connectivity index is 1.48. The van der Waals surface area contributed by atoms with Gasteiger partial charge < -0.3 is 9.80 Å². The van der Waals surface area contributed by atoms with Crippen LogP contribution < -0.4 is 0 Å². The molecule has 0 radical (unpaired) electrons. The van der Waals surface area contributed by atoms with Crippen LogP contribution in [-0.4, -0.2) is 47.8 Å². The summed E-state index contributed by atoms with van der Waals surface area (Å²) in [7, 11) is 0. The molecule has 0 N–H and O–H groups in total. The average Bonchev–Trinajstić information content (AvgIpc) is 3.39. The Bertz CT molecular complexity index is 776. The molecule has 4 rings (SSSR count). The fourth-order valence-electron chi connectivity index (χ4n) is 3.01. The number of benzene rings is 1. The van der Waals surface area contributed by atoms with Gasteiger partial charge in [-0.3, -0.25) is 9.59 Å². The van der Waals surface area contributed by atoms with Crippen molar-refractivity contribution in [1.82, 2.24) is 9.80 Å². The van der Waals surface area contributed by atoms with Crippen molar-refractivity contribution in [3.05, 3.63) is 34.2 Å². The maximum atomic E-state index is 12.8. The SMILES string of the molecule is O=C(c1sc2ccccc2c1Cl)N1CCN(C(=O)C2CC2)CC1. The zero-order valence-corrected chi connectivity index (χ0v) is 14.2. The van der Waals surface area contributed by atoms with Crippen molar-refractivity contribution in [1.29, 1.82) is 0 Å². The largest absolute Gasteiger partial charge is 0.339 e. The molecule has 2 amide bonds. The first-order valence-corrected chi connectivity index (χ1v) is 9.09. The molecule has 1 saturated heterocycles. The Labute approximate surface area is 143 Å². The summed E-state index contributed by atoms with van der Waals surface area (Å²) >= 11 is 7.84. The van der Waals surface area contributed by atoms with Gasteiger partial charge in [0.1, 0.15) is 4.88 Å². The molecule has 1 aromatic carbocycles. The lowest BCUT2D eigenvalue weighted by atomic mass is 10.2. The summed E-state index contributed by atoms with van der Waals surface area (Å²) in [6, 6.07) is 7.80. The topological polar surface area (TPSA) is 40.6 Å². The van der Waals surface area contributed by atoms with Gasteiger partial charge in [-0.1, -0.05) is 29.8 Å². The van der Waals surface area contributed by atoms with Gasteiger partial charge in [0.25, 0.3) is 5.91 Å². The third-order valence-corrected chi connectivity index (χ3v) is 6.20. The maximum Gasteiger partial charge on any atom is 0.265 e. The first-order chi connectivity index (χ1) is 11.1. The van der Waals surface area contributed by atoms with Crippen LogP contribution in [0.25, 0.3) is 10.1 Å². The fraction of sp³-hybridized carbons (Fsp3) is 0.412. The Morgan fingerprint density at radius 2 is 1.70 bits per heavy atom. The Morgan fingerprint density at radius 3 is 2.35 bits per heavy atom. The number of nitrogens with zero attached hydrogens (tertiary/aromatic N) is 2. The van der Waals surface area contributed by atoms with E-state index in [0.29, 0.717) is 36.1 Å². The molecule has 6 heteroatoms. The molecule has 2 aromatic rings. The van der Waals surface area contributed by atoms with Gasteiger partial charge in [0.15, 0.2) is 0 Å². The van der Waals surface area contributed by atoms with Gasteiger partial charge in [-0.05, 0) is 18.9 Å². The van der Waals surface area contributed by atoms with E-state index in [1.54, 1.807) is 0 Å². The van der Waals surface area contributed by atoms with Crippen molar-refractivity contribution in [2.24, 2.45) is 5.92 Å². The number of hydrogen-bond donors (Lipinski definition) is 0. The van der Waals surface area contributed by atoms with E-state index in [0.717, 1.165) is 22.9 Å². The van der Waals surface area contributed by atoms with Crippen molar-refractivity contribution < 1.29 is 9.59 Å². The minimum Gasteiger partial charge on any atom is -0.339 e. The second kappa shape index (κ2) is 5.80. The molecule has 1 aromatic heterocycles. The predicted octanol–water partition coefficient (Wildman–Crippen LogP) is 3.25. The molecular formula is C17H17ClN2O2S. The zero-order valence-electron chi connectivity index (χ0n) is 12.6. The van der Waals surface area contributed by atoms with E-state index >= 15 is 0 Å². The third-order valence-electron chi connectivity index (χ3n) is 4.53. The van der Waals surface area contributed by atoms with Crippen molar-refractivity contribution >= 4 is 44.8 Å². The normalized spacial score (nSPS) is 18.5. The molecule has 1 aliphatic heterocycles. The fourth-order valence-corrected chi connectivity index (χ4v) is 4.49. The number of rotatable bonds is 2. The van der Waals surface area contributed by atoms with Crippen LogP contribution in [0.2, 0.25) is 5.02 Å². The maximum absolute atomic E-state index is 12.8. The van der Waals surface area contributed by atoms with Crippen LogP contribution in [0.4, 0.5) is 0 Å². The molecule has 0 atom stereocenters. The Kier molecular flexibility index (Phi) is 3.77. The van der Waals surface area contributed by atoms with Gasteiger partial charge in [0.05, 0.1) is 5.02 Å². The summed E-state index contributed by atoms with van der Waals surface area (Å²) in [6.07, 6.45) is 2.05. The number of carbonyl (C=O) groups is 2. The third kappa shape index (κ3) is 2.72. The van der Waals surface area contributed by atoms with Gasteiger partial charge in [0, 0.05) is 42.2 Å². The Morgan fingerprint density at radius 1 is 1.04 bits per heavy atom. The van der Waals surface area contributed by atoms with Crippen molar-refractivity contribution in [3.63, 3.8) is 0 Å². The average molecular weight is 349 g/mol. The first-order valence-electron chi connectivity index (χ1n) is 7.90. The number of hydrogen-bond acceptors (Lipinski definition) is 3. The molecule has 23 heavy (non-hydrogen) atoms. The van der Waals surface area contributed by atoms with E-state index < -0.39 is 0 Å². The summed E-state index contributed by atoms with van der Waals surface area (Å²) in [4.78, 5) is 29.2. The molecule has 2 fully saturated rings. The van der Waals surface area contributed by atoms with Gasteiger partial charge in [-0.15, -0.1) is 11.3 Å². The van der Waals surface area contributed by atoms with Crippen LogP contribution in [-0.2, 0) is 4.79 Å². The van der Waals surface area contributed by atoms with Crippen LogP contribution in [0, 0.1) is 5.92 Å². The van der Waals surface area contributed by atoms with E-state index in [4.69, 9.17) is 11.6 Å². The van der Waals surface area contributed by atoms with Crippen molar-refractivity contribution in [2.75, 3.05) is 26.2 Å². The zero-order chi connectivity index (χ0) is 16.0. The number of piperazine rings is 1. The summed E-state index contributed by atoms with van der Waals surface area (Å²) in [5, 5.41) is 1.48. The standard InChI is InChI=1S/C17H17ClN2O2S/c18-14-12-3-1-2-4-13(12)23-15(14)17(22)20-9-7-19(8-10-20)16(21)11-5-6-11/h1-4,11H,5-10H2. The second-order valence-corrected chi connectivity index (χ2v) is 7.56. The lowest BCUT2D eigenvalue weighted by molar-refractivity contribution is -0.134. The van der Waals surface area contributed by atoms with Crippen LogP contribution in [0.1, 0.15) is 22.5 Å². The number of thiophene rings is 1. The quantitative estimate of drug-likeness (QED) is 0.835. The van der Waals surface area contributed by atoms with Crippen molar-refractivity contribution in [3.8, 4) is 0 Å². The monoisotopic (exact) mass is 348 g/mol. The molecule has 4 nitrogen and oxygen atoms in total. The number of halogens is 1. The van der Waals surface area contributed by atoms with Crippen LogP contribution in [0.5, 0.6) is 0 Å². The van der Waals surface area contributed by atoms with E-state index in [2.05, 4.69) is 0 Å². The number of amides is 2. The molecule has 2 heterocycles. The summed E-state index contributed by atoms with van der Waals surface area (Å²) < 4.78 is 1.03. The minimum atomic E-state index is -0.0188. The molecule has 0 unspecified atom stereocenters. The Hall–Kier alpha value is -1.59. The van der Waals surface area contributed by atoms with Gasteiger partial charge >= 0.3 is 0 Å². The summed E-state index contributed by atoms with van der Waals surface area (Å²) in [6.45, 7) is 2.43. The highest BCUT2D eigenvalue weighted by atomic mass is 35.5. The van der Waals surface area contributed by atoms with Crippen LogP contribution >= 0.6 is 22.9 Å². The molecule has 1 saturated carbocycles. The predicted molar refractivity (Wildman–Crippen MR) is 92.0 cm³/mol.